The third-order valence-corrected chi connectivity index (χ3v) is 4.68. The Bertz CT molecular complexity index is 617. The van der Waals surface area contributed by atoms with Crippen molar-refractivity contribution in [2.24, 2.45) is 0 Å². The Kier molecular flexibility index (Phi) is 3.89. The van der Waals surface area contributed by atoms with Gasteiger partial charge in [-0.25, -0.2) is 0 Å². The molecule has 100 valence electrons. The quantitative estimate of drug-likeness (QED) is 0.904. The molecule has 4 heteroatoms. The van der Waals surface area contributed by atoms with Crippen LogP contribution in [-0.2, 0) is 6.54 Å². The van der Waals surface area contributed by atoms with Gasteiger partial charge in [0.15, 0.2) is 0 Å². The second kappa shape index (κ2) is 5.80. The van der Waals surface area contributed by atoms with E-state index in [1.165, 1.54) is 24.3 Å². The van der Waals surface area contributed by atoms with E-state index in [1.807, 2.05) is 42.1 Å². The minimum atomic E-state index is 0.0244. The van der Waals surface area contributed by atoms with Crippen molar-refractivity contribution >= 4 is 22.7 Å². The molecule has 1 aliphatic heterocycles. The SMILES string of the molecule is O=c1[nH]c2ccccc2cc1CNC1CCSCC1. The van der Waals surface area contributed by atoms with E-state index in [2.05, 4.69) is 10.3 Å². The zero-order valence-electron chi connectivity index (χ0n) is 10.8. The molecule has 2 heterocycles. The number of aromatic amines is 1. The van der Waals surface area contributed by atoms with Crippen molar-refractivity contribution in [2.75, 3.05) is 11.5 Å². The molecule has 2 N–H and O–H groups in total. The number of para-hydroxylation sites is 1. The Morgan fingerprint density at radius 1 is 1.26 bits per heavy atom. The topological polar surface area (TPSA) is 44.9 Å². The van der Waals surface area contributed by atoms with Crippen LogP contribution in [0, 0.1) is 0 Å². The van der Waals surface area contributed by atoms with Gasteiger partial charge in [-0.1, -0.05) is 18.2 Å². The number of rotatable bonds is 3. The normalized spacial score (nSPS) is 16.8. The number of H-pyrrole nitrogens is 1. The van der Waals surface area contributed by atoms with Gasteiger partial charge in [-0.3, -0.25) is 4.79 Å². The molecule has 1 fully saturated rings. The predicted octanol–water partition coefficient (Wildman–Crippen LogP) is 2.51. The molecule has 1 saturated heterocycles. The maximum Gasteiger partial charge on any atom is 0.252 e. The van der Waals surface area contributed by atoms with E-state index in [0.29, 0.717) is 12.6 Å². The highest BCUT2D eigenvalue weighted by atomic mass is 32.2. The van der Waals surface area contributed by atoms with Crippen LogP contribution in [0.4, 0.5) is 0 Å². The summed E-state index contributed by atoms with van der Waals surface area (Å²) in [5.41, 5.74) is 1.76. The first-order valence-electron chi connectivity index (χ1n) is 6.75. The van der Waals surface area contributed by atoms with Gasteiger partial charge in [0.05, 0.1) is 0 Å². The van der Waals surface area contributed by atoms with Gasteiger partial charge in [0, 0.05) is 23.7 Å². The van der Waals surface area contributed by atoms with Crippen LogP contribution >= 0.6 is 11.8 Å². The summed E-state index contributed by atoms with van der Waals surface area (Å²) in [5.74, 6) is 2.46. The highest BCUT2D eigenvalue weighted by Crippen LogP contribution is 2.17. The Morgan fingerprint density at radius 2 is 2.05 bits per heavy atom. The van der Waals surface area contributed by atoms with Crippen LogP contribution in [0.15, 0.2) is 35.1 Å². The highest BCUT2D eigenvalue weighted by molar-refractivity contribution is 7.99. The molecule has 0 aliphatic carbocycles. The van der Waals surface area contributed by atoms with Crippen LogP contribution in [0.25, 0.3) is 10.9 Å². The monoisotopic (exact) mass is 274 g/mol. The highest BCUT2D eigenvalue weighted by Gasteiger charge is 2.13. The summed E-state index contributed by atoms with van der Waals surface area (Å²) >= 11 is 2.02. The van der Waals surface area contributed by atoms with Gasteiger partial charge in [-0.15, -0.1) is 0 Å². The van der Waals surface area contributed by atoms with Crippen LogP contribution in [-0.4, -0.2) is 22.5 Å². The predicted molar refractivity (Wildman–Crippen MR) is 81.8 cm³/mol. The van der Waals surface area contributed by atoms with Gasteiger partial charge in [0.1, 0.15) is 0 Å². The van der Waals surface area contributed by atoms with E-state index in [9.17, 15) is 4.79 Å². The molecule has 0 unspecified atom stereocenters. The number of thioether (sulfide) groups is 1. The van der Waals surface area contributed by atoms with Crippen LogP contribution in [0.3, 0.4) is 0 Å². The lowest BCUT2D eigenvalue weighted by Crippen LogP contribution is -2.33. The average Bonchev–Trinajstić information content (AvgIpc) is 2.46. The second-order valence-corrected chi connectivity index (χ2v) is 6.20. The Balaban J connectivity index is 1.76. The summed E-state index contributed by atoms with van der Waals surface area (Å²) in [7, 11) is 0. The van der Waals surface area contributed by atoms with Crippen LogP contribution in [0.5, 0.6) is 0 Å². The van der Waals surface area contributed by atoms with Crippen molar-refractivity contribution < 1.29 is 0 Å². The van der Waals surface area contributed by atoms with E-state index >= 15 is 0 Å². The van der Waals surface area contributed by atoms with Crippen LogP contribution < -0.4 is 10.9 Å². The molecule has 1 aliphatic rings. The Morgan fingerprint density at radius 3 is 2.89 bits per heavy atom. The lowest BCUT2D eigenvalue weighted by molar-refractivity contribution is 0.481. The smallest absolute Gasteiger partial charge is 0.252 e. The van der Waals surface area contributed by atoms with Gasteiger partial charge >= 0.3 is 0 Å². The first-order valence-corrected chi connectivity index (χ1v) is 7.90. The lowest BCUT2D eigenvalue weighted by atomic mass is 10.1. The van der Waals surface area contributed by atoms with Gasteiger partial charge in [0.2, 0.25) is 0 Å². The number of nitrogens with one attached hydrogen (secondary N) is 2. The first kappa shape index (κ1) is 12.8. The zero-order chi connectivity index (χ0) is 13.1. The molecule has 0 atom stereocenters. The third-order valence-electron chi connectivity index (χ3n) is 3.63. The zero-order valence-corrected chi connectivity index (χ0v) is 11.6. The summed E-state index contributed by atoms with van der Waals surface area (Å²) in [6, 6.07) is 10.5. The second-order valence-electron chi connectivity index (χ2n) is 4.98. The fourth-order valence-corrected chi connectivity index (χ4v) is 3.59. The summed E-state index contributed by atoms with van der Waals surface area (Å²) in [5, 5.41) is 4.61. The van der Waals surface area contributed by atoms with Crippen molar-refractivity contribution in [2.45, 2.75) is 25.4 Å². The van der Waals surface area contributed by atoms with Crippen LogP contribution in [0.1, 0.15) is 18.4 Å². The van der Waals surface area contributed by atoms with E-state index in [0.717, 1.165) is 16.5 Å². The van der Waals surface area contributed by atoms with Crippen molar-refractivity contribution in [1.82, 2.24) is 10.3 Å². The van der Waals surface area contributed by atoms with Gasteiger partial charge in [-0.05, 0) is 41.9 Å². The van der Waals surface area contributed by atoms with Crippen LogP contribution in [0.2, 0.25) is 0 Å². The van der Waals surface area contributed by atoms with E-state index in [4.69, 9.17) is 0 Å². The molecular formula is C15H18N2OS. The van der Waals surface area contributed by atoms with Gasteiger partial charge < -0.3 is 10.3 Å². The summed E-state index contributed by atoms with van der Waals surface area (Å²) in [6.07, 6.45) is 2.41. The summed E-state index contributed by atoms with van der Waals surface area (Å²) in [4.78, 5) is 15.0. The van der Waals surface area contributed by atoms with Crippen molar-refractivity contribution in [3.63, 3.8) is 0 Å². The molecule has 0 bridgehead atoms. The largest absolute Gasteiger partial charge is 0.322 e. The van der Waals surface area contributed by atoms with E-state index < -0.39 is 0 Å². The maximum absolute atomic E-state index is 12.0. The fraction of sp³-hybridized carbons (Fsp3) is 0.400. The first-order chi connectivity index (χ1) is 9.33. The number of fused-ring (bicyclic) bond motifs is 1. The molecule has 3 rings (SSSR count). The number of hydrogen-bond acceptors (Lipinski definition) is 3. The molecule has 19 heavy (non-hydrogen) atoms. The molecular weight excluding hydrogens is 256 g/mol. The fourth-order valence-electron chi connectivity index (χ4n) is 2.48. The molecule has 1 aromatic carbocycles. The molecule has 2 aromatic rings. The standard InChI is InChI=1S/C15H18N2OS/c18-15-12(10-16-13-5-7-19-8-6-13)9-11-3-1-2-4-14(11)17-15/h1-4,9,13,16H,5-8,10H2,(H,17,18). The molecule has 0 spiro atoms. The third kappa shape index (κ3) is 3.01. The molecule has 0 saturated carbocycles. The van der Waals surface area contributed by atoms with Gasteiger partial charge in [0.25, 0.3) is 5.56 Å². The molecule has 3 nitrogen and oxygen atoms in total. The average molecular weight is 274 g/mol. The maximum atomic E-state index is 12.0. The number of pyridine rings is 1. The van der Waals surface area contributed by atoms with Crippen molar-refractivity contribution in [1.29, 1.82) is 0 Å². The van der Waals surface area contributed by atoms with E-state index in [1.54, 1.807) is 0 Å². The Labute approximate surface area is 116 Å². The molecule has 1 aromatic heterocycles. The minimum absolute atomic E-state index is 0.0244. The Hall–Kier alpha value is -1.26. The minimum Gasteiger partial charge on any atom is -0.322 e. The van der Waals surface area contributed by atoms with Gasteiger partial charge in [-0.2, -0.15) is 11.8 Å². The van der Waals surface area contributed by atoms with Crippen molar-refractivity contribution in [3.8, 4) is 0 Å². The molecule has 0 amide bonds. The number of benzene rings is 1. The molecule has 0 radical (unpaired) electrons. The lowest BCUT2D eigenvalue weighted by Gasteiger charge is -2.22. The summed E-state index contributed by atoms with van der Waals surface area (Å²) < 4.78 is 0. The van der Waals surface area contributed by atoms with Crippen molar-refractivity contribution in [3.05, 3.63) is 46.2 Å². The number of hydrogen-bond donors (Lipinski definition) is 2. The summed E-state index contributed by atoms with van der Waals surface area (Å²) in [6.45, 7) is 0.662. The number of aromatic nitrogens is 1. The van der Waals surface area contributed by atoms with E-state index in [-0.39, 0.29) is 5.56 Å².